The van der Waals surface area contributed by atoms with E-state index in [4.69, 9.17) is 28.7 Å². The monoisotopic (exact) mass is 1730 g/mol. The molecule has 0 spiro atoms. The number of carbonyl (C=O) groups is 18. The van der Waals surface area contributed by atoms with Gasteiger partial charge in [0.15, 0.2) is 0 Å². The van der Waals surface area contributed by atoms with E-state index < -0.39 is 228 Å². The van der Waals surface area contributed by atoms with Crippen molar-refractivity contribution in [1.29, 1.82) is 0 Å². The summed E-state index contributed by atoms with van der Waals surface area (Å²) < 4.78 is 0. The number of phenolic OH excluding ortho intramolecular Hbond substituents is 2. The number of nitrogens with one attached hydrogen (secondary N) is 16. The molecule has 2 aromatic carbocycles. The molecule has 0 saturated heterocycles. The number of nitrogens with zero attached hydrogens (tertiary/aromatic N) is 1. The standard InChI is InChI=1S/C80H126N22O21/c1-39(2)31-56(74(116)89-45(11)68(110)97-57(34-49-36-86-38-88-49)76(118)95-53(17-13-15-29-81)71(113)99-59(80(122)123)33-48-21-25-51(104)26-22-48)96-67(109)44(10)90-75(117)58(35-61(85)106)98-69(111)46(12)92-77(119)63(40(3)4)100-62(107)37-87-66(108)43(9)91-78(120)64(41(5)6)102-79(121)65(42(7)8)101-73(115)54(18-14-16-30-82)94-72(114)55(27-28-60(84)105)93-70(112)52(83)32-47-19-23-50(103)24-20-47/h19-26,36,38-46,52-59,63-65,103-104H,13-18,27-35,37,81-83H2,1-12H3,(H2,84,105)(H2,85,106)(H,86,88)(H,87,108)(H,89,116)(H,90,117)(H,91,120)(H,92,119)(H,93,112)(H,94,114)(H,95,118)(H,96,109)(H,97,110)(H,98,111)(H,99,113)(H,100,107)(H,101,115)(H,102,121)(H,122,123)/t43-,44-,45-,46-,52-,53-,54-,55-,56-,57-,58-,59-,63-,64-,65-/m0/s1. The number of amides is 17. The molecule has 0 bridgehead atoms. The third-order valence-electron chi connectivity index (χ3n) is 19.4. The molecular formula is C80H126N22O21. The highest BCUT2D eigenvalue weighted by Crippen LogP contribution is 2.17. The SMILES string of the molecule is CC(C)C[C@H](NC(=O)[C@H](C)NC(=O)[C@H](CC(N)=O)NC(=O)[C@H](C)NC(=O)[C@@H](NC(=O)CNC(=O)[C@H](C)NC(=O)[C@@H](NC(=O)[C@@H](NC(=O)[C@H](CCCCN)NC(=O)[C@H](CCC(N)=O)NC(=O)[C@@H](N)Cc1ccc(O)cc1)C(C)C)C(C)C)C(C)C)C(=O)N[C@@H](C)C(=O)N[C@@H](Cc1c[nH]cn1)C(=O)N[C@@H](CCCCN)C(=O)N[C@@H](Cc1ccc(O)cc1)C(=O)O. The molecule has 0 aliphatic rings. The van der Waals surface area contributed by atoms with Crippen molar-refractivity contribution in [2.24, 2.45) is 52.3 Å². The van der Waals surface area contributed by atoms with Crippen molar-refractivity contribution in [3.05, 3.63) is 77.9 Å². The Labute approximate surface area is 713 Å². The minimum atomic E-state index is -1.77. The van der Waals surface area contributed by atoms with E-state index in [2.05, 4.69) is 89.7 Å². The molecule has 3 aromatic rings. The number of hydrogen-bond acceptors (Lipinski definition) is 24. The second-order valence-corrected chi connectivity index (χ2v) is 31.6. The van der Waals surface area contributed by atoms with E-state index in [9.17, 15) is 102 Å². The summed E-state index contributed by atoms with van der Waals surface area (Å²) in [6.07, 6.45) is 2.39. The van der Waals surface area contributed by atoms with E-state index in [1.54, 1.807) is 67.5 Å². The number of aromatic nitrogens is 2. The molecule has 1 aromatic heterocycles. The number of imidazole rings is 1. The maximum Gasteiger partial charge on any atom is 0.326 e. The molecule has 43 nitrogen and oxygen atoms in total. The molecule has 15 atom stereocenters. The molecule has 29 N–H and O–H groups in total. The molecule has 0 aliphatic carbocycles. The summed E-state index contributed by atoms with van der Waals surface area (Å²) in [5.74, 6) is -19.1. The quantitative estimate of drug-likeness (QED) is 0.0235. The third kappa shape index (κ3) is 38.1. The van der Waals surface area contributed by atoms with Crippen molar-refractivity contribution in [1.82, 2.24) is 89.7 Å². The van der Waals surface area contributed by atoms with Gasteiger partial charge in [0, 0.05) is 25.5 Å². The van der Waals surface area contributed by atoms with Crippen LogP contribution in [0.15, 0.2) is 61.1 Å². The Morgan fingerprint density at radius 2 is 0.748 bits per heavy atom. The lowest BCUT2D eigenvalue weighted by Gasteiger charge is -2.29. The first-order chi connectivity index (χ1) is 57.7. The third-order valence-corrected chi connectivity index (χ3v) is 19.4. The van der Waals surface area contributed by atoms with Crippen LogP contribution in [0.5, 0.6) is 11.5 Å². The van der Waals surface area contributed by atoms with Crippen LogP contribution in [0, 0.1) is 23.7 Å². The lowest BCUT2D eigenvalue weighted by molar-refractivity contribution is -0.142. The van der Waals surface area contributed by atoms with Gasteiger partial charge < -0.3 is 129 Å². The van der Waals surface area contributed by atoms with Gasteiger partial charge in [-0.2, -0.15) is 0 Å². The van der Waals surface area contributed by atoms with Crippen molar-refractivity contribution in [3.8, 4) is 11.5 Å². The van der Waals surface area contributed by atoms with Crippen LogP contribution in [0.3, 0.4) is 0 Å². The molecule has 0 fully saturated rings. The van der Waals surface area contributed by atoms with Gasteiger partial charge in [0.05, 0.1) is 31.0 Å². The van der Waals surface area contributed by atoms with Crippen LogP contribution in [0.25, 0.3) is 0 Å². The average molecular weight is 1730 g/mol. The Morgan fingerprint density at radius 1 is 0.382 bits per heavy atom. The average Bonchev–Trinajstić information content (AvgIpc) is 1.21. The molecule has 3 rings (SSSR count). The fourth-order valence-corrected chi connectivity index (χ4v) is 12.2. The van der Waals surface area contributed by atoms with Crippen LogP contribution >= 0.6 is 0 Å². The van der Waals surface area contributed by atoms with Gasteiger partial charge in [-0.1, -0.05) is 79.7 Å². The molecule has 123 heavy (non-hydrogen) atoms. The van der Waals surface area contributed by atoms with Crippen molar-refractivity contribution >= 4 is 106 Å². The second-order valence-electron chi connectivity index (χ2n) is 31.6. The number of rotatable bonds is 55. The fourth-order valence-electron chi connectivity index (χ4n) is 12.2. The first kappa shape index (κ1) is 105. The first-order valence-corrected chi connectivity index (χ1v) is 40.8. The van der Waals surface area contributed by atoms with Crippen molar-refractivity contribution < 1.29 is 102 Å². The van der Waals surface area contributed by atoms with Crippen LogP contribution in [-0.2, 0) is 106 Å². The predicted molar refractivity (Wildman–Crippen MR) is 446 cm³/mol. The maximum atomic E-state index is 14.1. The van der Waals surface area contributed by atoms with Gasteiger partial charge in [0.2, 0.25) is 100 Å². The number of aromatic amines is 1. The number of phenols is 2. The zero-order chi connectivity index (χ0) is 92.7. The number of nitrogens with two attached hydrogens (primary N) is 5. The maximum absolute atomic E-state index is 14.1. The summed E-state index contributed by atoms with van der Waals surface area (Å²) >= 11 is 0. The fraction of sp³-hybridized carbons (Fsp3) is 0.588. The molecule has 0 radical (unpaired) electrons. The highest BCUT2D eigenvalue weighted by atomic mass is 16.4. The molecule has 682 valence electrons. The molecule has 0 aliphatic heterocycles. The topological polar surface area (TPSA) is 707 Å². The number of benzene rings is 2. The Hall–Kier alpha value is -12.4. The molecule has 0 unspecified atom stereocenters. The van der Waals surface area contributed by atoms with Crippen LogP contribution in [0.2, 0.25) is 0 Å². The lowest BCUT2D eigenvalue weighted by Crippen LogP contribution is -2.61. The summed E-state index contributed by atoms with van der Waals surface area (Å²) in [4.78, 5) is 250. The Bertz CT molecular complexity index is 4070. The van der Waals surface area contributed by atoms with Crippen molar-refractivity contribution in [3.63, 3.8) is 0 Å². The van der Waals surface area contributed by atoms with Crippen molar-refractivity contribution in [2.75, 3.05) is 19.6 Å². The summed E-state index contributed by atoms with van der Waals surface area (Å²) in [6.45, 7) is 17.6. The van der Waals surface area contributed by atoms with E-state index in [1.807, 2.05) is 0 Å². The highest BCUT2D eigenvalue weighted by Gasteiger charge is 2.39. The van der Waals surface area contributed by atoms with Gasteiger partial charge in [-0.3, -0.25) is 81.5 Å². The van der Waals surface area contributed by atoms with Crippen LogP contribution < -0.4 is 108 Å². The number of H-pyrrole nitrogens is 1. The van der Waals surface area contributed by atoms with Crippen molar-refractivity contribution in [2.45, 2.75) is 257 Å². The number of aliphatic carboxylic acids is 1. The van der Waals surface area contributed by atoms with E-state index >= 15 is 0 Å². The number of carbonyl (C=O) groups excluding carboxylic acids is 17. The van der Waals surface area contributed by atoms with Gasteiger partial charge in [0.1, 0.15) is 96.1 Å². The van der Waals surface area contributed by atoms with E-state index in [1.165, 1.54) is 76.6 Å². The Morgan fingerprint density at radius 3 is 1.18 bits per heavy atom. The highest BCUT2D eigenvalue weighted by molar-refractivity contribution is 6.01. The van der Waals surface area contributed by atoms with Crippen LogP contribution in [0.4, 0.5) is 0 Å². The molecule has 1 heterocycles. The lowest BCUT2D eigenvalue weighted by atomic mass is 9.98. The van der Waals surface area contributed by atoms with Crippen LogP contribution in [-0.4, -0.2) is 242 Å². The minimum absolute atomic E-state index is 0.00679. The number of primary amides is 2. The normalized spacial score (nSPS) is 14.9. The zero-order valence-electron chi connectivity index (χ0n) is 71.6. The molecule has 43 heteroatoms. The number of carboxylic acids is 1. The summed E-state index contributed by atoms with van der Waals surface area (Å²) in [7, 11) is 0. The number of aromatic hydroxyl groups is 2. The van der Waals surface area contributed by atoms with E-state index in [0.29, 0.717) is 42.5 Å². The van der Waals surface area contributed by atoms with Gasteiger partial charge >= 0.3 is 5.97 Å². The number of carboxylic acid groups (broad SMARTS) is 1. The Kier molecular flexibility index (Phi) is 44.9. The number of unbranched alkanes of at least 4 members (excludes halogenated alkanes) is 2. The second kappa shape index (κ2) is 52.7. The molecule has 0 saturated carbocycles. The van der Waals surface area contributed by atoms with Gasteiger partial charge in [-0.25, -0.2) is 9.78 Å². The zero-order valence-corrected chi connectivity index (χ0v) is 71.6. The largest absolute Gasteiger partial charge is 0.508 e. The molecule has 17 amide bonds. The van der Waals surface area contributed by atoms with Gasteiger partial charge in [0.25, 0.3) is 0 Å². The van der Waals surface area contributed by atoms with E-state index in [0.717, 1.165) is 0 Å². The number of hydrogen-bond donors (Lipinski definition) is 24. The van der Waals surface area contributed by atoms with Gasteiger partial charge in [-0.15, -0.1) is 0 Å². The Balaban J connectivity index is 1.64. The van der Waals surface area contributed by atoms with Crippen LogP contribution in [0.1, 0.15) is 164 Å². The predicted octanol–water partition coefficient (Wildman–Crippen LogP) is -5.34. The smallest absolute Gasteiger partial charge is 0.326 e. The van der Waals surface area contributed by atoms with E-state index in [-0.39, 0.29) is 81.9 Å². The first-order valence-electron chi connectivity index (χ1n) is 40.8. The molecular weight excluding hydrogens is 1610 g/mol. The summed E-state index contributed by atoms with van der Waals surface area (Å²) in [6, 6.07) is -9.49. The summed E-state index contributed by atoms with van der Waals surface area (Å²) in [5.41, 5.74) is 29.8. The minimum Gasteiger partial charge on any atom is -0.508 e. The summed E-state index contributed by atoms with van der Waals surface area (Å²) in [5, 5.41) is 66.9. The van der Waals surface area contributed by atoms with Gasteiger partial charge in [-0.05, 0) is 158 Å².